The quantitative estimate of drug-likeness (QED) is 0.475. The Morgan fingerprint density at radius 2 is 1.25 bits per heavy atom. The van der Waals surface area contributed by atoms with Gasteiger partial charge in [0.25, 0.3) is 3.79 Å². The molecule has 0 atom stereocenters. The summed E-state index contributed by atoms with van der Waals surface area (Å²) >= 11 is 15.1. The molecule has 0 saturated carbocycles. The van der Waals surface area contributed by atoms with E-state index in [-0.39, 0.29) is 0 Å². The molecule has 0 N–H and O–H groups in total. The Hall–Kier alpha value is 1.46. The van der Waals surface area contributed by atoms with Crippen LogP contribution in [0.1, 0.15) is 0 Å². The van der Waals surface area contributed by atoms with E-state index in [0.717, 1.165) is 22.6 Å². The zero-order valence-electron chi connectivity index (χ0n) is 3.27. The lowest BCUT2D eigenvalue weighted by Crippen LogP contribution is -2.25. The molecule has 0 rings (SSSR count). The third-order valence-electron chi connectivity index (χ3n) is 0.321. The summed E-state index contributed by atoms with van der Waals surface area (Å²) in [6.07, 6.45) is 0. The maximum Gasteiger partial charge on any atom is 0.342 e. The molecule has 50 valence electrons. The molecule has 0 aromatic heterocycles. The lowest BCUT2D eigenvalue weighted by Gasteiger charge is -2.16. The van der Waals surface area contributed by atoms with Gasteiger partial charge in [-0.25, -0.2) is 0 Å². The number of alkyl halides is 6. The van der Waals surface area contributed by atoms with E-state index in [9.17, 15) is 8.78 Å². The molecule has 0 nitrogen and oxygen atoms in total. The first-order chi connectivity index (χ1) is 3.25. The van der Waals surface area contributed by atoms with E-state index in [2.05, 4.69) is 0 Å². The first-order valence-electron chi connectivity index (χ1n) is 1.38. The zero-order valence-corrected chi connectivity index (χ0v) is 7.69. The van der Waals surface area contributed by atoms with E-state index in [0.29, 0.717) is 0 Å². The second kappa shape index (κ2) is 2.60. The maximum absolute atomic E-state index is 11.8. The Labute approximate surface area is 73.6 Å². The highest BCUT2D eigenvalue weighted by Gasteiger charge is 2.47. The summed E-state index contributed by atoms with van der Waals surface area (Å²) in [5.74, 6) is 0. The molecular weight excluding hydrogens is 295 g/mol. The third-order valence-corrected chi connectivity index (χ3v) is 2.80. The standard InChI is InChI=1S/C2Cl3F2I/c3-1(4,5)2(6,7)8. The first-order valence-corrected chi connectivity index (χ1v) is 3.60. The lowest BCUT2D eigenvalue weighted by atomic mass is 10.8. The molecule has 8 heavy (non-hydrogen) atoms. The van der Waals surface area contributed by atoms with Crippen molar-refractivity contribution in [2.75, 3.05) is 0 Å². The molecular formula is C2Cl3F2I. The molecule has 0 amide bonds. The van der Waals surface area contributed by atoms with Crippen LogP contribution in [-0.4, -0.2) is 7.72 Å². The zero-order chi connectivity index (χ0) is 7.00. The molecule has 0 aromatic carbocycles. The van der Waals surface area contributed by atoms with E-state index >= 15 is 0 Å². The normalized spacial score (nSPS) is 14.2. The number of halogens is 6. The van der Waals surface area contributed by atoms with Gasteiger partial charge in [-0.3, -0.25) is 0 Å². The largest absolute Gasteiger partial charge is 0.342 e. The monoisotopic (exact) mass is 294 g/mol. The van der Waals surface area contributed by atoms with Crippen molar-refractivity contribution < 1.29 is 8.78 Å². The van der Waals surface area contributed by atoms with Crippen LogP contribution >= 0.6 is 57.4 Å². The van der Waals surface area contributed by atoms with E-state index in [1.54, 1.807) is 0 Å². The average Bonchev–Trinajstić information content (AvgIpc) is 1.25. The molecule has 0 aliphatic carbocycles. The van der Waals surface area contributed by atoms with Gasteiger partial charge < -0.3 is 0 Å². The summed E-state index contributed by atoms with van der Waals surface area (Å²) in [4.78, 5) is 0. The first kappa shape index (κ1) is 9.46. The topological polar surface area (TPSA) is 0 Å². The molecule has 0 saturated heterocycles. The molecule has 0 aliphatic rings. The van der Waals surface area contributed by atoms with Crippen LogP contribution in [0, 0.1) is 0 Å². The van der Waals surface area contributed by atoms with Gasteiger partial charge >= 0.3 is 3.93 Å². The number of hydrogen-bond donors (Lipinski definition) is 0. The maximum atomic E-state index is 11.8. The molecule has 0 heterocycles. The summed E-state index contributed by atoms with van der Waals surface area (Å²) in [5, 5.41) is 0. The second-order valence-electron chi connectivity index (χ2n) is 0.996. The summed E-state index contributed by atoms with van der Waals surface area (Å²) in [6, 6.07) is 0. The predicted octanol–water partition coefficient (Wildman–Crippen LogP) is 3.38. The third kappa shape index (κ3) is 2.85. The second-order valence-corrected chi connectivity index (χ2v) is 4.63. The smallest absolute Gasteiger partial charge is 0.190 e. The van der Waals surface area contributed by atoms with Gasteiger partial charge in [0.1, 0.15) is 0 Å². The van der Waals surface area contributed by atoms with E-state index < -0.39 is 7.72 Å². The molecule has 0 aromatic rings. The van der Waals surface area contributed by atoms with Crippen LogP contribution in [0.4, 0.5) is 8.78 Å². The van der Waals surface area contributed by atoms with Crippen LogP contribution < -0.4 is 0 Å². The minimum Gasteiger partial charge on any atom is -0.190 e. The Bertz CT molecular complexity index is 70.3. The van der Waals surface area contributed by atoms with E-state index in [4.69, 9.17) is 34.8 Å². The minimum atomic E-state index is -3.30. The highest BCUT2D eigenvalue weighted by molar-refractivity contribution is 14.1. The van der Waals surface area contributed by atoms with Crippen LogP contribution in [0.2, 0.25) is 0 Å². The molecule has 0 radical (unpaired) electrons. The van der Waals surface area contributed by atoms with Crippen LogP contribution in [0.15, 0.2) is 0 Å². The van der Waals surface area contributed by atoms with E-state index in [1.165, 1.54) is 0 Å². The molecule has 0 aliphatic heterocycles. The van der Waals surface area contributed by atoms with Crippen LogP contribution in [0.3, 0.4) is 0 Å². The molecule has 6 heteroatoms. The van der Waals surface area contributed by atoms with Crippen molar-refractivity contribution >= 4 is 57.4 Å². The fraction of sp³-hybridized carbons (Fsp3) is 1.00. The summed E-state index contributed by atoms with van der Waals surface area (Å²) in [7, 11) is 0. The van der Waals surface area contributed by atoms with Gasteiger partial charge in [0, 0.05) is 22.6 Å². The predicted molar refractivity (Wildman–Crippen MR) is 39.3 cm³/mol. The number of hydrogen-bond acceptors (Lipinski definition) is 0. The van der Waals surface area contributed by atoms with Crippen molar-refractivity contribution in [2.45, 2.75) is 7.72 Å². The fourth-order valence-corrected chi connectivity index (χ4v) is 0. The summed E-state index contributed by atoms with van der Waals surface area (Å²) in [5.41, 5.74) is 0. The van der Waals surface area contributed by atoms with Crippen LogP contribution in [-0.2, 0) is 0 Å². The van der Waals surface area contributed by atoms with Crippen molar-refractivity contribution in [3.63, 3.8) is 0 Å². The van der Waals surface area contributed by atoms with Gasteiger partial charge in [-0.05, 0) is 0 Å². The SMILES string of the molecule is FC(F)(I)C(Cl)(Cl)Cl. The van der Waals surface area contributed by atoms with Crippen molar-refractivity contribution in [1.29, 1.82) is 0 Å². The highest BCUT2D eigenvalue weighted by atomic mass is 127. The van der Waals surface area contributed by atoms with Crippen molar-refractivity contribution in [2.24, 2.45) is 0 Å². The molecule has 0 unspecified atom stereocenters. The molecule has 0 spiro atoms. The number of rotatable bonds is 0. The van der Waals surface area contributed by atoms with Gasteiger partial charge in [-0.15, -0.1) is 0 Å². The lowest BCUT2D eigenvalue weighted by molar-refractivity contribution is 0.132. The minimum absolute atomic E-state index is 0.754. The van der Waals surface area contributed by atoms with Crippen molar-refractivity contribution in [3.8, 4) is 0 Å². The summed E-state index contributed by atoms with van der Waals surface area (Å²) < 4.78 is 17.9. The van der Waals surface area contributed by atoms with Gasteiger partial charge in [0.2, 0.25) is 0 Å². The fourth-order valence-electron chi connectivity index (χ4n) is 0. The Balaban J connectivity index is 4.02. The Morgan fingerprint density at radius 3 is 1.25 bits per heavy atom. The average molecular weight is 295 g/mol. The Kier molecular flexibility index (Phi) is 3.07. The van der Waals surface area contributed by atoms with Gasteiger partial charge in [0.15, 0.2) is 0 Å². The summed E-state index contributed by atoms with van der Waals surface area (Å²) in [6.45, 7) is 0. The van der Waals surface area contributed by atoms with Gasteiger partial charge in [0.05, 0.1) is 0 Å². The Morgan fingerprint density at radius 1 is 1.12 bits per heavy atom. The van der Waals surface area contributed by atoms with Gasteiger partial charge in [-0.2, -0.15) is 8.78 Å². The highest BCUT2D eigenvalue weighted by Crippen LogP contribution is 2.46. The van der Waals surface area contributed by atoms with Crippen LogP contribution in [0.5, 0.6) is 0 Å². The van der Waals surface area contributed by atoms with Crippen LogP contribution in [0.25, 0.3) is 0 Å². The van der Waals surface area contributed by atoms with Crippen molar-refractivity contribution in [3.05, 3.63) is 0 Å². The molecule has 0 fully saturated rings. The van der Waals surface area contributed by atoms with Gasteiger partial charge in [-0.1, -0.05) is 34.8 Å². The van der Waals surface area contributed by atoms with E-state index in [1.807, 2.05) is 0 Å². The molecule has 0 bridgehead atoms. The van der Waals surface area contributed by atoms with Crippen molar-refractivity contribution in [1.82, 2.24) is 0 Å².